The van der Waals surface area contributed by atoms with Gasteiger partial charge in [0.05, 0.1) is 11.4 Å². The second kappa shape index (κ2) is 6.40. The highest BCUT2D eigenvalue weighted by Gasteiger charge is 2.08. The molecule has 0 aliphatic rings. The lowest BCUT2D eigenvalue weighted by Crippen LogP contribution is -2.26. The maximum absolute atomic E-state index is 5.69. The number of nitrogens with two attached hydrogens (primary N) is 1. The zero-order valence-electron chi connectivity index (χ0n) is 9.74. The third-order valence-corrected chi connectivity index (χ3v) is 2.39. The van der Waals surface area contributed by atoms with Crippen LogP contribution < -0.4 is 10.6 Å². The average Bonchev–Trinajstić information content (AvgIpc) is 2.29. The van der Waals surface area contributed by atoms with E-state index < -0.39 is 0 Å². The number of rotatable bonds is 6. The molecule has 3 heteroatoms. The number of pyridine rings is 1. The normalized spacial score (nSPS) is 10.3. The van der Waals surface area contributed by atoms with E-state index in [0.717, 1.165) is 31.6 Å². The van der Waals surface area contributed by atoms with Crippen LogP contribution in [0.15, 0.2) is 18.3 Å². The van der Waals surface area contributed by atoms with E-state index in [2.05, 4.69) is 29.8 Å². The van der Waals surface area contributed by atoms with Crippen LogP contribution in [0, 0.1) is 0 Å². The first-order chi connectivity index (χ1) is 7.33. The molecule has 0 spiro atoms. The molecule has 0 radical (unpaired) electrons. The van der Waals surface area contributed by atoms with Crippen molar-refractivity contribution < 1.29 is 0 Å². The summed E-state index contributed by atoms with van der Waals surface area (Å²) in [5.74, 6) is 0. The molecule has 84 valence electrons. The first-order valence-corrected chi connectivity index (χ1v) is 5.72. The van der Waals surface area contributed by atoms with Crippen LogP contribution in [0.25, 0.3) is 0 Å². The fourth-order valence-electron chi connectivity index (χ4n) is 1.77. The van der Waals surface area contributed by atoms with Crippen LogP contribution in [0.3, 0.4) is 0 Å². The van der Waals surface area contributed by atoms with E-state index in [1.54, 1.807) is 0 Å². The summed E-state index contributed by atoms with van der Waals surface area (Å²) in [7, 11) is 0. The monoisotopic (exact) mass is 207 g/mol. The van der Waals surface area contributed by atoms with Crippen LogP contribution in [0.2, 0.25) is 0 Å². The summed E-state index contributed by atoms with van der Waals surface area (Å²) >= 11 is 0. The number of anilines is 1. The van der Waals surface area contributed by atoms with Gasteiger partial charge in [0.15, 0.2) is 0 Å². The lowest BCUT2D eigenvalue weighted by Gasteiger charge is -2.25. The Balaban J connectivity index is 2.88. The van der Waals surface area contributed by atoms with E-state index in [1.807, 2.05) is 12.3 Å². The minimum Gasteiger partial charge on any atom is -0.370 e. The van der Waals surface area contributed by atoms with Crippen LogP contribution in [0.4, 0.5) is 5.69 Å². The predicted octanol–water partition coefficient (Wildman–Crippen LogP) is 2.17. The lowest BCUT2D eigenvalue weighted by molar-refractivity contribution is 0.736. The van der Waals surface area contributed by atoms with Gasteiger partial charge in [0.1, 0.15) is 0 Å². The van der Waals surface area contributed by atoms with Gasteiger partial charge in [0, 0.05) is 25.8 Å². The summed E-state index contributed by atoms with van der Waals surface area (Å²) in [5, 5.41) is 0. The molecule has 0 atom stereocenters. The third-order valence-electron chi connectivity index (χ3n) is 2.39. The first kappa shape index (κ1) is 12.0. The number of hydrogen-bond acceptors (Lipinski definition) is 3. The smallest absolute Gasteiger partial charge is 0.0772 e. The Morgan fingerprint density at radius 2 is 1.93 bits per heavy atom. The largest absolute Gasteiger partial charge is 0.370 e. The molecule has 1 rings (SSSR count). The Morgan fingerprint density at radius 3 is 2.47 bits per heavy atom. The van der Waals surface area contributed by atoms with Gasteiger partial charge in [-0.15, -0.1) is 0 Å². The number of nitrogens with zero attached hydrogens (tertiary/aromatic N) is 2. The molecular weight excluding hydrogens is 186 g/mol. The van der Waals surface area contributed by atoms with Crippen LogP contribution in [-0.4, -0.2) is 18.1 Å². The molecule has 1 heterocycles. The molecule has 0 aliphatic carbocycles. The standard InChI is InChI=1S/C12H21N3/c1-3-8-15(9-4-2)12-6-5-7-14-11(12)10-13/h5-7H,3-4,8-10,13H2,1-2H3. The van der Waals surface area contributed by atoms with Gasteiger partial charge in [0.2, 0.25) is 0 Å². The maximum Gasteiger partial charge on any atom is 0.0772 e. The molecule has 0 amide bonds. The van der Waals surface area contributed by atoms with E-state index in [0.29, 0.717) is 6.54 Å². The van der Waals surface area contributed by atoms with Crippen molar-refractivity contribution in [2.24, 2.45) is 5.73 Å². The fourth-order valence-corrected chi connectivity index (χ4v) is 1.77. The molecule has 2 N–H and O–H groups in total. The van der Waals surface area contributed by atoms with Gasteiger partial charge < -0.3 is 10.6 Å². The van der Waals surface area contributed by atoms with Crippen LogP contribution in [0.5, 0.6) is 0 Å². The zero-order valence-corrected chi connectivity index (χ0v) is 9.74. The summed E-state index contributed by atoms with van der Waals surface area (Å²) in [6, 6.07) is 4.09. The SMILES string of the molecule is CCCN(CCC)c1cccnc1CN. The van der Waals surface area contributed by atoms with Gasteiger partial charge >= 0.3 is 0 Å². The van der Waals surface area contributed by atoms with Gasteiger partial charge in [-0.05, 0) is 25.0 Å². The van der Waals surface area contributed by atoms with Crippen LogP contribution >= 0.6 is 0 Å². The molecule has 1 aromatic heterocycles. The van der Waals surface area contributed by atoms with E-state index in [9.17, 15) is 0 Å². The second-order valence-corrected chi connectivity index (χ2v) is 3.66. The summed E-state index contributed by atoms with van der Waals surface area (Å²) < 4.78 is 0. The van der Waals surface area contributed by atoms with Crippen molar-refractivity contribution in [3.05, 3.63) is 24.0 Å². The van der Waals surface area contributed by atoms with Gasteiger partial charge in [-0.3, -0.25) is 4.98 Å². The van der Waals surface area contributed by atoms with E-state index in [1.165, 1.54) is 5.69 Å². The molecule has 0 bridgehead atoms. The van der Waals surface area contributed by atoms with Gasteiger partial charge in [-0.25, -0.2) is 0 Å². The van der Waals surface area contributed by atoms with Crippen molar-refractivity contribution in [1.29, 1.82) is 0 Å². The fraction of sp³-hybridized carbons (Fsp3) is 0.583. The molecular formula is C12H21N3. The Morgan fingerprint density at radius 1 is 1.27 bits per heavy atom. The van der Waals surface area contributed by atoms with Gasteiger partial charge in [-0.1, -0.05) is 13.8 Å². The van der Waals surface area contributed by atoms with Crippen molar-refractivity contribution in [3.8, 4) is 0 Å². The topological polar surface area (TPSA) is 42.2 Å². The number of aromatic nitrogens is 1. The lowest BCUT2D eigenvalue weighted by atomic mass is 10.2. The van der Waals surface area contributed by atoms with Crippen molar-refractivity contribution in [2.45, 2.75) is 33.2 Å². The summed E-state index contributed by atoms with van der Waals surface area (Å²) in [4.78, 5) is 6.69. The minimum atomic E-state index is 0.514. The first-order valence-electron chi connectivity index (χ1n) is 5.72. The predicted molar refractivity (Wildman–Crippen MR) is 64.9 cm³/mol. The van der Waals surface area contributed by atoms with Crippen molar-refractivity contribution in [2.75, 3.05) is 18.0 Å². The Hall–Kier alpha value is -1.09. The highest BCUT2D eigenvalue weighted by atomic mass is 15.1. The molecule has 0 saturated heterocycles. The van der Waals surface area contributed by atoms with E-state index in [-0.39, 0.29) is 0 Å². The minimum absolute atomic E-state index is 0.514. The molecule has 15 heavy (non-hydrogen) atoms. The van der Waals surface area contributed by atoms with E-state index in [4.69, 9.17) is 5.73 Å². The molecule has 0 saturated carbocycles. The Bertz CT molecular complexity index is 280. The Kier molecular flexibility index (Phi) is 5.12. The average molecular weight is 207 g/mol. The molecule has 0 unspecified atom stereocenters. The number of hydrogen-bond donors (Lipinski definition) is 1. The van der Waals surface area contributed by atoms with Crippen molar-refractivity contribution in [3.63, 3.8) is 0 Å². The third kappa shape index (κ3) is 3.20. The highest BCUT2D eigenvalue weighted by Crippen LogP contribution is 2.18. The van der Waals surface area contributed by atoms with Crippen molar-refractivity contribution >= 4 is 5.69 Å². The van der Waals surface area contributed by atoms with Crippen molar-refractivity contribution in [1.82, 2.24) is 4.98 Å². The summed E-state index contributed by atoms with van der Waals surface area (Å²) in [6.45, 7) is 7.06. The molecule has 1 aromatic rings. The zero-order chi connectivity index (χ0) is 11.1. The quantitative estimate of drug-likeness (QED) is 0.777. The molecule has 3 nitrogen and oxygen atoms in total. The van der Waals surface area contributed by atoms with Gasteiger partial charge in [-0.2, -0.15) is 0 Å². The summed E-state index contributed by atoms with van der Waals surface area (Å²) in [6.07, 6.45) is 4.11. The van der Waals surface area contributed by atoms with E-state index >= 15 is 0 Å². The molecule has 0 fully saturated rings. The highest BCUT2D eigenvalue weighted by molar-refractivity contribution is 5.50. The summed E-state index contributed by atoms with van der Waals surface area (Å²) in [5.41, 5.74) is 7.89. The Labute approximate surface area is 92.3 Å². The second-order valence-electron chi connectivity index (χ2n) is 3.66. The van der Waals surface area contributed by atoms with Gasteiger partial charge in [0.25, 0.3) is 0 Å². The van der Waals surface area contributed by atoms with Crippen LogP contribution in [-0.2, 0) is 6.54 Å². The molecule has 0 aliphatic heterocycles. The molecule has 0 aromatic carbocycles. The van der Waals surface area contributed by atoms with Crippen LogP contribution in [0.1, 0.15) is 32.4 Å². The maximum atomic E-state index is 5.69.